The molecule has 2 N–H and O–H groups in total. The molecule has 3 heterocycles. The molecule has 10 heteroatoms. The molecular formula is C44H56Cl2N2O6. The van der Waals surface area contributed by atoms with E-state index in [9.17, 15) is 5.11 Å². The summed E-state index contributed by atoms with van der Waals surface area (Å²) >= 11 is 11.6. The zero-order chi connectivity index (χ0) is 37.6. The summed E-state index contributed by atoms with van der Waals surface area (Å²) in [5.74, 6) is 0. The Balaban J connectivity index is 0.000000175. The minimum atomic E-state index is -0.572. The highest BCUT2D eigenvalue weighted by Crippen LogP contribution is 2.30. The lowest BCUT2D eigenvalue weighted by Gasteiger charge is -2.27. The first-order valence-electron chi connectivity index (χ1n) is 19.3. The smallest absolute Gasteiger partial charge is 0.157 e. The Bertz CT molecular complexity index is 1540. The number of ether oxygens (including phenoxy) is 5. The molecule has 3 fully saturated rings. The summed E-state index contributed by atoms with van der Waals surface area (Å²) in [4.78, 5) is 2.22. The van der Waals surface area contributed by atoms with E-state index in [1.165, 1.54) is 29.5 Å². The number of hydrogen-bond acceptors (Lipinski definition) is 8. The molecule has 8 nitrogen and oxygen atoms in total. The van der Waals surface area contributed by atoms with Crippen molar-refractivity contribution in [2.45, 2.75) is 76.4 Å². The van der Waals surface area contributed by atoms with Crippen LogP contribution in [0, 0.1) is 0 Å². The van der Waals surface area contributed by atoms with E-state index < -0.39 is 6.10 Å². The molecule has 3 saturated heterocycles. The lowest BCUT2D eigenvalue weighted by molar-refractivity contribution is -0.164. The number of nitrogens with zero attached hydrogens (tertiary/aromatic N) is 1. The SMILES string of the molecule is Clc1ccc([C@@H]2CO2)cc1.O[C@@H](CN(CCOC1CCCCO1)Cc1ccccc1)c1ccc(Cl)cc1.c1ccc(CNCCOC2CCCCO2)cc1. The summed E-state index contributed by atoms with van der Waals surface area (Å²) in [6.45, 7) is 7.61. The van der Waals surface area contributed by atoms with Crippen molar-refractivity contribution in [1.82, 2.24) is 10.2 Å². The van der Waals surface area contributed by atoms with Gasteiger partial charge in [0.05, 0.1) is 25.9 Å². The van der Waals surface area contributed by atoms with Crippen LogP contribution in [-0.4, -0.2) is 75.3 Å². The molecule has 0 bridgehead atoms. The molecule has 4 aromatic carbocycles. The molecule has 54 heavy (non-hydrogen) atoms. The van der Waals surface area contributed by atoms with Gasteiger partial charge in [-0.2, -0.15) is 0 Å². The molecule has 2 unspecified atom stereocenters. The molecule has 0 amide bonds. The predicted molar refractivity (Wildman–Crippen MR) is 216 cm³/mol. The number of aliphatic hydroxyl groups is 1. The number of aliphatic hydroxyl groups excluding tert-OH is 1. The molecule has 3 aliphatic rings. The fourth-order valence-corrected chi connectivity index (χ4v) is 6.37. The highest BCUT2D eigenvalue weighted by Gasteiger charge is 2.24. The summed E-state index contributed by atoms with van der Waals surface area (Å²) in [7, 11) is 0. The average molecular weight is 780 g/mol. The van der Waals surface area contributed by atoms with E-state index in [2.05, 4.69) is 46.6 Å². The third kappa shape index (κ3) is 16.9. The second-order valence-corrected chi connectivity index (χ2v) is 14.5. The summed E-state index contributed by atoms with van der Waals surface area (Å²) < 4.78 is 27.7. The van der Waals surface area contributed by atoms with Gasteiger partial charge >= 0.3 is 0 Å². The van der Waals surface area contributed by atoms with Gasteiger partial charge < -0.3 is 34.1 Å². The van der Waals surface area contributed by atoms with Crippen molar-refractivity contribution < 1.29 is 28.8 Å². The maximum atomic E-state index is 10.7. The monoisotopic (exact) mass is 778 g/mol. The van der Waals surface area contributed by atoms with Crippen LogP contribution in [0.2, 0.25) is 10.0 Å². The molecule has 0 saturated carbocycles. The average Bonchev–Trinajstić information content (AvgIpc) is 4.07. The van der Waals surface area contributed by atoms with Gasteiger partial charge in [-0.05, 0) is 85.0 Å². The highest BCUT2D eigenvalue weighted by atomic mass is 35.5. The van der Waals surface area contributed by atoms with Crippen LogP contribution >= 0.6 is 23.2 Å². The minimum absolute atomic E-state index is 0.0299. The first-order valence-corrected chi connectivity index (χ1v) is 20.1. The summed E-state index contributed by atoms with van der Waals surface area (Å²) in [5.41, 5.74) is 4.62. The van der Waals surface area contributed by atoms with Crippen LogP contribution in [0.25, 0.3) is 0 Å². The second kappa shape index (κ2) is 24.6. The van der Waals surface area contributed by atoms with Gasteiger partial charge in [0.1, 0.15) is 6.10 Å². The van der Waals surface area contributed by atoms with Crippen LogP contribution in [0.5, 0.6) is 0 Å². The van der Waals surface area contributed by atoms with Crippen molar-refractivity contribution in [1.29, 1.82) is 0 Å². The normalized spacial score (nSPS) is 19.9. The molecular weight excluding hydrogens is 723 g/mol. The topological polar surface area (TPSA) is 85.0 Å². The van der Waals surface area contributed by atoms with Crippen LogP contribution < -0.4 is 5.32 Å². The van der Waals surface area contributed by atoms with E-state index in [0.29, 0.717) is 24.3 Å². The number of epoxide rings is 1. The first kappa shape index (κ1) is 42.3. The van der Waals surface area contributed by atoms with Crippen molar-refractivity contribution in [2.75, 3.05) is 52.7 Å². The van der Waals surface area contributed by atoms with Crippen molar-refractivity contribution in [3.8, 4) is 0 Å². The second-order valence-electron chi connectivity index (χ2n) is 13.7. The van der Waals surface area contributed by atoms with E-state index in [1.54, 1.807) is 0 Å². The first-order chi connectivity index (χ1) is 26.5. The van der Waals surface area contributed by atoms with Crippen LogP contribution in [0.3, 0.4) is 0 Å². The van der Waals surface area contributed by atoms with Gasteiger partial charge in [0.15, 0.2) is 12.6 Å². The van der Waals surface area contributed by atoms with E-state index >= 15 is 0 Å². The van der Waals surface area contributed by atoms with Gasteiger partial charge in [-0.1, -0.05) is 108 Å². The Morgan fingerprint density at radius 2 is 1.24 bits per heavy atom. The Morgan fingerprint density at radius 3 is 1.80 bits per heavy atom. The van der Waals surface area contributed by atoms with Crippen molar-refractivity contribution in [3.05, 3.63) is 141 Å². The van der Waals surface area contributed by atoms with Gasteiger partial charge in [0.25, 0.3) is 0 Å². The zero-order valence-corrected chi connectivity index (χ0v) is 32.7. The Labute approximate surface area is 331 Å². The maximum Gasteiger partial charge on any atom is 0.157 e. The van der Waals surface area contributed by atoms with E-state index in [1.807, 2.05) is 72.8 Å². The van der Waals surface area contributed by atoms with E-state index in [4.69, 9.17) is 46.9 Å². The lowest BCUT2D eigenvalue weighted by atomic mass is 10.1. The van der Waals surface area contributed by atoms with Crippen molar-refractivity contribution in [2.24, 2.45) is 0 Å². The predicted octanol–water partition coefficient (Wildman–Crippen LogP) is 9.15. The molecule has 7 rings (SSSR count). The molecule has 4 aromatic rings. The van der Waals surface area contributed by atoms with Gasteiger partial charge in [0, 0.05) is 56.0 Å². The van der Waals surface area contributed by atoms with Crippen molar-refractivity contribution >= 4 is 23.2 Å². The van der Waals surface area contributed by atoms with Crippen LogP contribution in [0.15, 0.2) is 109 Å². The van der Waals surface area contributed by atoms with Crippen LogP contribution in [0.4, 0.5) is 0 Å². The Kier molecular flexibility index (Phi) is 19.3. The number of benzene rings is 4. The van der Waals surface area contributed by atoms with Gasteiger partial charge in [0.2, 0.25) is 0 Å². The largest absolute Gasteiger partial charge is 0.387 e. The van der Waals surface area contributed by atoms with Gasteiger partial charge in [-0.3, -0.25) is 4.90 Å². The highest BCUT2D eigenvalue weighted by molar-refractivity contribution is 6.30. The zero-order valence-electron chi connectivity index (χ0n) is 31.2. The molecule has 0 aliphatic carbocycles. The summed E-state index contributed by atoms with van der Waals surface area (Å²) in [6, 6.07) is 35.8. The molecule has 3 aliphatic heterocycles. The number of hydrogen-bond donors (Lipinski definition) is 2. The maximum absolute atomic E-state index is 10.7. The van der Waals surface area contributed by atoms with E-state index in [0.717, 1.165) is 88.9 Å². The molecule has 0 aromatic heterocycles. The fourth-order valence-electron chi connectivity index (χ4n) is 6.12. The van der Waals surface area contributed by atoms with Gasteiger partial charge in [-0.15, -0.1) is 0 Å². The van der Waals surface area contributed by atoms with Crippen LogP contribution in [-0.2, 0) is 36.8 Å². The molecule has 0 radical (unpaired) electrons. The number of rotatable bonds is 16. The van der Waals surface area contributed by atoms with Crippen LogP contribution in [0.1, 0.15) is 73.0 Å². The van der Waals surface area contributed by atoms with Crippen molar-refractivity contribution in [3.63, 3.8) is 0 Å². The Morgan fingerprint density at radius 1 is 0.685 bits per heavy atom. The summed E-state index contributed by atoms with van der Waals surface area (Å²) in [5, 5.41) is 15.5. The van der Waals surface area contributed by atoms with E-state index in [-0.39, 0.29) is 12.6 Å². The molecule has 4 atom stereocenters. The minimum Gasteiger partial charge on any atom is -0.387 e. The molecule has 292 valence electrons. The summed E-state index contributed by atoms with van der Waals surface area (Å²) in [6.07, 6.45) is 6.40. The quantitative estimate of drug-likeness (QED) is 0.0861. The number of halogens is 2. The third-order valence-corrected chi connectivity index (χ3v) is 9.76. The Hall–Kier alpha value is -2.86. The molecule has 0 spiro atoms. The standard InChI is InChI=1S/C22H28ClNO3.C14H21NO2.C8H7ClO/c23-20-11-9-19(10-12-20)21(25)17-24(16-18-6-2-1-3-7-18)13-15-27-22-8-4-5-14-26-22;1-2-6-13(7-3-1)12-15-9-11-17-14-8-4-5-10-16-14;9-7-3-1-6(2-4-7)8-5-10-8/h1-3,6-7,9-12,21-22,25H,4-5,8,13-17H2;1-3,6-7,14-15H,4-5,8-12H2;1-4,8H,5H2/t21-,22?;;8-/m0.0/s1. The lowest BCUT2D eigenvalue weighted by Crippen LogP contribution is -2.33. The van der Waals surface area contributed by atoms with Gasteiger partial charge in [-0.25, -0.2) is 0 Å². The number of nitrogens with one attached hydrogen (secondary N) is 1. The third-order valence-electron chi connectivity index (χ3n) is 9.25. The fraction of sp³-hybridized carbons (Fsp3) is 0.455.